The average molecular weight is 338 g/mol. The first-order valence-corrected chi connectivity index (χ1v) is 8.85. The van der Waals surface area contributed by atoms with Crippen molar-refractivity contribution in [1.29, 1.82) is 0 Å². The van der Waals surface area contributed by atoms with Crippen LogP contribution in [-0.2, 0) is 6.54 Å². The second kappa shape index (κ2) is 7.02. The van der Waals surface area contributed by atoms with Crippen LogP contribution in [-0.4, -0.2) is 51.0 Å². The van der Waals surface area contributed by atoms with Gasteiger partial charge in [-0.1, -0.05) is 6.07 Å². The Morgan fingerprint density at radius 3 is 2.62 bits per heavy atom. The van der Waals surface area contributed by atoms with E-state index in [-0.39, 0.29) is 0 Å². The van der Waals surface area contributed by atoms with Gasteiger partial charge < -0.3 is 4.90 Å². The van der Waals surface area contributed by atoms with Crippen LogP contribution in [0.2, 0.25) is 0 Å². The van der Waals surface area contributed by atoms with Crippen LogP contribution >= 0.6 is 11.3 Å². The van der Waals surface area contributed by atoms with Crippen molar-refractivity contribution in [3.63, 3.8) is 0 Å². The van der Waals surface area contributed by atoms with Crippen molar-refractivity contribution >= 4 is 17.3 Å². The quantitative estimate of drug-likeness (QED) is 0.728. The molecule has 0 radical (unpaired) electrons. The molecule has 4 heterocycles. The lowest BCUT2D eigenvalue weighted by atomic mass is 10.3. The van der Waals surface area contributed by atoms with Crippen LogP contribution < -0.4 is 4.90 Å². The first-order chi connectivity index (χ1) is 11.9. The molecule has 1 aliphatic heterocycles. The maximum absolute atomic E-state index is 4.66. The van der Waals surface area contributed by atoms with Crippen molar-refractivity contribution in [3.8, 4) is 11.4 Å². The Morgan fingerprint density at radius 2 is 1.88 bits per heavy atom. The van der Waals surface area contributed by atoms with Crippen molar-refractivity contribution in [2.24, 2.45) is 0 Å². The lowest BCUT2D eigenvalue weighted by Crippen LogP contribution is -2.46. The van der Waals surface area contributed by atoms with E-state index in [2.05, 4.69) is 47.2 Å². The highest BCUT2D eigenvalue weighted by atomic mass is 32.1. The van der Waals surface area contributed by atoms with Gasteiger partial charge in [-0.2, -0.15) is 0 Å². The summed E-state index contributed by atoms with van der Waals surface area (Å²) in [6.45, 7) is 4.96. The summed E-state index contributed by atoms with van der Waals surface area (Å²) in [7, 11) is 0. The number of rotatable bonds is 4. The van der Waals surface area contributed by atoms with Gasteiger partial charge in [-0.25, -0.2) is 9.97 Å². The second-order valence-electron chi connectivity index (χ2n) is 5.68. The zero-order valence-corrected chi connectivity index (χ0v) is 14.1. The Labute approximate surface area is 144 Å². The van der Waals surface area contributed by atoms with Crippen LogP contribution in [0.3, 0.4) is 0 Å². The molecule has 7 heteroatoms. The molecular formula is C17H18N6S. The molecule has 24 heavy (non-hydrogen) atoms. The van der Waals surface area contributed by atoms with Gasteiger partial charge in [-0.3, -0.25) is 14.9 Å². The molecular weight excluding hydrogens is 320 g/mol. The van der Waals surface area contributed by atoms with Gasteiger partial charge in [0.15, 0.2) is 0 Å². The van der Waals surface area contributed by atoms with Crippen molar-refractivity contribution in [2.75, 3.05) is 31.1 Å². The number of nitrogens with zero attached hydrogens (tertiary/aromatic N) is 6. The molecule has 0 aliphatic carbocycles. The number of hydrogen-bond donors (Lipinski definition) is 0. The third kappa shape index (κ3) is 3.42. The molecule has 0 atom stereocenters. The van der Waals surface area contributed by atoms with Gasteiger partial charge >= 0.3 is 0 Å². The van der Waals surface area contributed by atoms with E-state index >= 15 is 0 Å². The van der Waals surface area contributed by atoms with Gasteiger partial charge in [0.2, 0.25) is 5.95 Å². The molecule has 0 saturated carbocycles. The van der Waals surface area contributed by atoms with Gasteiger partial charge in [0.1, 0.15) is 5.69 Å². The molecule has 0 spiro atoms. The monoisotopic (exact) mass is 338 g/mol. The fraction of sp³-hybridized carbons (Fsp3) is 0.294. The number of hydrogen-bond acceptors (Lipinski definition) is 7. The smallest absolute Gasteiger partial charge is 0.225 e. The highest BCUT2D eigenvalue weighted by Crippen LogP contribution is 2.18. The molecule has 1 aliphatic rings. The number of piperazine rings is 1. The Kier molecular flexibility index (Phi) is 4.44. The summed E-state index contributed by atoms with van der Waals surface area (Å²) in [5.41, 5.74) is 1.59. The van der Waals surface area contributed by atoms with Crippen molar-refractivity contribution in [3.05, 3.63) is 53.2 Å². The molecule has 3 aromatic rings. The topological polar surface area (TPSA) is 58.0 Å². The van der Waals surface area contributed by atoms with E-state index in [9.17, 15) is 0 Å². The predicted molar refractivity (Wildman–Crippen MR) is 94.9 cm³/mol. The first kappa shape index (κ1) is 15.2. The van der Waals surface area contributed by atoms with Crippen LogP contribution in [0.1, 0.15) is 4.88 Å². The lowest BCUT2D eigenvalue weighted by Gasteiger charge is -2.34. The van der Waals surface area contributed by atoms with Gasteiger partial charge in [-0.05, 0) is 17.5 Å². The molecule has 122 valence electrons. The maximum Gasteiger partial charge on any atom is 0.225 e. The van der Waals surface area contributed by atoms with E-state index in [1.807, 2.05) is 17.4 Å². The minimum absolute atomic E-state index is 0.772. The van der Waals surface area contributed by atoms with E-state index in [0.29, 0.717) is 0 Å². The van der Waals surface area contributed by atoms with Gasteiger partial charge in [0.05, 0.1) is 11.9 Å². The summed E-state index contributed by atoms with van der Waals surface area (Å²) in [5.74, 6) is 0.772. The summed E-state index contributed by atoms with van der Waals surface area (Å²) < 4.78 is 0. The molecule has 0 unspecified atom stereocenters. The largest absolute Gasteiger partial charge is 0.338 e. The Morgan fingerprint density at radius 1 is 0.958 bits per heavy atom. The van der Waals surface area contributed by atoms with E-state index in [0.717, 1.165) is 50.1 Å². The maximum atomic E-state index is 4.66. The van der Waals surface area contributed by atoms with Gasteiger partial charge in [0, 0.05) is 56.2 Å². The Balaban J connectivity index is 1.42. The molecule has 1 fully saturated rings. The summed E-state index contributed by atoms with van der Waals surface area (Å²) in [5, 5.41) is 2.14. The van der Waals surface area contributed by atoms with Crippen LogP contribution in [0, 0.1) is 0 Å². The SMILES string of the molecule is c1csc(CN2CCN(c3nccc(-c4cnccn4)n3)CC2)c1. The predicted octanol–water partition coefficient (Wildman–Crippen LogP) is 2.32. The zero-order valence-electron chi connectivity index (χ0n) is 13.2. The van der Waals surface area contributed by atoms with Gasteiger partial charge in [0.25, 0.3) is 0 Å². The Bertz CT molecular complexity index is 769. The highest BCUT2D eigenvalue weighted by molar-refractivity contribution is 7.09. The van der Waals surface area contributed by atoms with E-state index in [1.165, 1.54) is 4.88 Å². The average Bonchev–Trinajstić information content (AvgIpc) is 3.16. The molecule has 3 aromatic heterocycles. The first-order valence-electron chi connectivity index (χ1n) is 7.97. The van der Waals surface area contributed by atoms with Crippen LogP contribution in [0.4, 0.5) is 5.95 Å². The summed E-state index contributed by atoms with van der Waals surface area (Å²) >= 11 is 1.82. The van der Waals surface area contributed by atoms with Gasteiger partial charge in [-0.15, -0.1) is 11.3 Å². The molecule has 0 bridgehead atoms. The molecule has 1 saturated heterocycles. The summed E-state index contributed by atoms with van der Waals surface area (Å²) in [6.07, 6.45) is 6.87. The molecule has 4 rings (SSSR count). The van der Waals surface area contributed by atoms with E-state index < -0.39 is 0 Å². The van der Waals surface area contributed by atoms with Crippen molar-refractivity contribution in [2.45, 2.75) is 6.54 Å². The normalized spacial score (nSPS) is 15.6. The summed E-state index contributed by atoms with van der Waals surface area (Å²) in [6, 6.07) is 6.19. The third-order valence-electron chi connectivity index (χ3n) is 4.08. The summed E-state index contributed by atoms with van der Waals surface area (Å²) in [4.78, 5) is 23.7. The fourth-order valence-electron chi connectivity index (χ4n) is 2.80. The Hall–Kier alpha value is -2.38. The molecule has 0 amide bonds. The third-order valence-corrected chi connectivity index (χ3v) is 4.94. The molecule has 0 N–H and O–H groups in total. The van der Waals surface area contributed by atoms with Crippen molar-refractivity contribution in [1.82, 2.24) is 24.8 Å². The number of anilines is 1. The van der Waals surface area contributed by atoms with Crippen molar-refractivity contribution < 1.29 is 0 Å². The fourth-order valence-corrected chi connectivity index (χ4v) is 3.55. The van der Waals surface area contributed by atoms with E-state index in [1.54, 1.807) is 24.8 Å². The van der Waals surface area contributed by atoms with Crippen LogP contribution in [0.15, 0.2) is 48.4 Å². The minimum atomic E-state index is 0.772. The van der Waals surface area contributed by atoms with Crippen LogP contribution in [0.5, 0.6) is 0 Å². The highest BCUT2D eigenvalue weighted by Gasteiger charge is 2.19. The standard InChI is InChI=1S/C17H18N6S/c1-2-14(24-11-1)13-22-7-9-23(10-8-22)17-20-4-3-15(21-17)16-12-18-5-6-19-16/h1-6,11-12H,7-10,13H2. The zero-order chi connectivity index (χ0) is 16.2. The van der Waals surface area contributed by atoms with E-state index in [4.69, 9.17) is 0 Å². The number of thiophene rings is 1. The second-order valence-corrected chi connectivity index (χ2v) is 6.71. The molecule has 6 nitrogen and oxygen atoms in total. The number of aromatic nitrogens is 4. The van der Waals surface area contributed by atoms with Crippen LogP contribution in [0.25, 0.3) is 11.4 Å². The minimum Gasteiger partial charge on any atom is -0.338 e. The lowest BCUT2D eigenvalue weighted by molar-refractivity contribution is 0.251. The molecule has 0 aromatic carbocycles.